The lowest BCUT2D eigenvalue weighted by atomic mass is 10.00. The summed E-state index contributed by atoms with van der Waals surface area (Å²) >= 11 is 8.27. The molecule has 1 aliphatic rings. The number of nitrogens with one attached hydrogen (secondary N) is 1. The highest BCUT2D eigenvalue weighted by Gasteiger charge is 2.23. The SMILES string of the molecule is CC(NC(=O)c1cc(Br)c(Br)s1)C1CCCC1. The van der Waals surface area contributed by atoms with Gasteiger partial charge in [0.05, 0.1) is 8.66 Å². The number of amides is 1. The van der Waals surface area contributed by atoms with Crippen LogP contribution in [0.1, 0.15) is 42.3 Å². The van der Waals surface area contributed by atoms with Crippen molar-refractivity contribution in [3.63, 3.8) is 0 Å². The third-order valence-electron chi connectivity index (χ3n) is 3.33. The van der Waals surface area contributed by atoms with Crippen LogP contribution in [0, 0.1) is 5.92 Å². The minimum absolute atomic E-state index is 0.0424. The Morgan fingerprint density at radius 2 is 2.12 bits per heavy atom. The molecule has 1 aromatic rings. The molecule has 1 fully saturated rings. The second-order valence-electron chi connectivity index (χ2n) is 4.54. The normalized spacial score (nSPS) is 18.3. The molecular weight excluding hydrogens is 366 g/mol. The van der Waals surface area contributed by atoms with Gasteiger partial charge in [0.2, 0.25) is 0 Å². The fourth-order valence-corrected chi connectivity index (χ4v) is 4.25. The van der Waals surface area contributed by atoms with E-state index >= 15 is 0 Å². The maximum absolute atomic E-state index is 12.0. The third kappa shape index (κ3) is 3.32. The first-order chi connectivity index (χ1) is 8.08. The van der Waals surface area contributed by atoms with E-state index in [2.05, 4.69) is 44.1 Å². The molecule has 1 unspecified atom stereocenters. The lowest BCUT2D eigenvalue weighted by Crippen LogP contribution is -2.36. The molecule has 1 aliphatic carbocycles. The van der Waals surface area contributed by atoms with Crippen LogP contribution < -0.4 is 5.32 Å². The van der Waals surface area contributed by atoms with Gasteiger partial charge in [0, 0.05) is 10.5 Å². The van der Waals surface area contributed by atoms with Gasteiger partial charge in [-0.15, -0.1) is 11.3 Å². The number of hydrogen-bond donors (Lipinski definition) is 1. The highest BCUT2D eigenvalue weighted by Crippen LogP contribution is 2.33. The van der Waals surface area contributed by atoms with E-state index in [1.165, 1.54) is 37.0 Å². The van der Waals surface area contributed by atoms with E-state index in [9.17, 15) is 4.79 Å². The summed E-state index contributed by atoms with van der Waals surface area (Å²) in [6.45, 7) is 2.12. The molecule has 1 heterocycles. The Morgan fingerprint density at radius 1 is 1.47 bits per heavy atom. The first-order valence-electron chi connectivity index (χ1n) is 5.83. The Labute approximate surface area is 122 Å². The highest BCUT2D eigenvalue weighted by atomic mass is 79.9. The minimum atomic E-state index is 0.0424. The Balaban J connectivity index is 1.96. The number of halogens is 2. The van der Waals surface area contributed by atoms with Crippen molar-refractivity contribution in [2.75, 3.05) is 0 Å². The summed E-state index contributed by atoms with van der Waals surface area (Å²) in [4.78, 5) is 12.8. The van der Waals surface area contributed by atoms with Gasteiger partial charge < -0.3 is 5.32 Å². The van der Waals surface area contributed by atoms with E-state index in [0.29, 0.717) is 5.92 Å². The van der Waals surface area contributed by atoms with Crippen molar-refractivity contribution in [1.82, 2.24) is 5.32 Å². The fraction of sp³-hybridized carbons (Fsp3) is 0.583. The topological polar surface area (TPSA) is 29.1 Å². The zero-order valence-corrected chi connectivity index (χ0v) is 13.6. The van der Waals surface area contributed by atoms with Crippen LogP contribution in [0.2, 0.25) is 0 Å². The summed E-state index contributed by atoms with van der Waals surface area (Å²) in [5.74, 6) is 0.701. The second kappa shape index (κ2) is 5.85. The molecular formula is C12H15Br2NOS. The molecule has 94 valence electrons. The smallest absolute Gasteiger partial charge is 0.261 e. The van der Waals surface area contributed by atoms with Crippen molar-refractivity contribution in [3.8, 4) is 0 Å². The number of hydrogen-bond acceptors (Lipinski definition) is 2. The zero-order valence-electron chi connectivity index (χ0n) is 9.63. The summed E-state index contributed by atoms with van der Waals surface area (Å²) in [7, 11) is 0. The van der Waals surface area contributed by atoms with Gasteiger partial charge in [0.15, 0.2) is 0 Å². The molecule has 1 aromatic heterocycles. The standard InChI is InChI=1S/C12H15Br2NOS/c1-7(8-4-2-3-5-8)15-12(16)10-6-9(13)11(14)17-10/h6-8H,2-5H2,1H3,(H,15,16). The molecule has 1 atom stereocenters. The van der Waals surface area contributed by atoms with E-state index in [-0.39, 0.29) is 11.9 Å². The molecule has 1 amide bonds. The molecule has 0 aliphatic heterocycles. The molecule has 0 bridgehead atoms. The lowest BCUT2D eigenvalue weighted by Gasteiger charge is -2.19. The predicted molar refractivity (Wildman–Crippen MR) is 78.6 cm³/mol. The first kappa shape index (κ1) is 13.6. The minimum Gasteiger partial charge on any atom is -0.349 e. The van der Waals surface area contributed by atoms with Crippen molar-refractivity contribution in [1.29, 1.82) is 0 Å². The molecule has 5 heteroatoms. The Morgan fingerprint density at radius 3 is 2.65 bits per heavy atom. The lowest BCUT2D eigenvalue weighted by molar-refractivity contribution is 0.0931. The van der Waals surface area contributed by atoms with E-state index in [1.54, 1.807) is 0 Å². The van der Waals surface area contributed by atoms with Crippen molar-refractivity contribution >= 4 is 49.1 Å². The van der Waals surface area contributed by atoms with Crippen LogP contribution in [0.5, 0.6) is 0 Å². The molecule has 0 saturated heterocycles. The van der Waals surface area contributed by atoms with Crippen molar-refractivity contribution in [3.05, 3.63) is 19.2 Å². The van der Waals surface area contributed by atoms with E-state index in [1.807, 2.05) is 6.07 Å². The average Bonchev–Trinajstić information content (AvgIpc) is 2.89. The average molecular weight is 381 g/mol. The predicted octanol–water partition coefficient (Wildman–Crippen LogP) is 4.58. The monoisotopic (exact) mass is 379 g/mol. The molecule has 1 N–H and O–H groups in total. The first-order valence-corrected chi connectivity index (χ1v) is 8.24. The van der Waals surface area contributed by atoms with Crippen LogP contribution in [0.3, 0.4) is 0 Å². The summed E-state index contributed by atoms with van der Waals surface area (Å²) in [5.41, 5.74) is 0. The zero-order chi connectivity index (χ0) is 12.4. The molecule has 0 spiro atoms. The van der Waals surface area contributed by atoms with Gasteiger partial charge in [-0.2, -0.15) is 0 Å². The largest absolute Gasteiger partial charge is 0.349 e. The molecule has 0 aromatic carbocycles. The van der Waals surface area contributed by atoms with Gasteiger partial charge in [-0.1, -0.05) is 12.8 Å². The van der Waals surface area contributed by atoms with Crippen LogP contribution in [0.15, 0.2) is 14.3 Å². The maximum atomic E-state index is 12.0. The van der Waals surface area contributed by atoms with Crippen molar-refractivity contribution < 1.29 is 4.79 Å². The van der Waals surface area contributed by atoms with Gasteiger partial charge >= 0.3 is 0 Å². The van der Waals surface area contributed by atoms with Crippen molar-refractivity contribution in [2.45, 2.75) is 38.6 Å². The van der Waals surface area contributed by atoms with Crippen LogP contribution in [-0.2, 0) is 0 Å². The number of carbonyl (C=O) groups excluding carboxylic acids is 1. The third-order valence-corrected chi connectivity index (χ3v) is 6.59. The number of rotatable bonds is 3. The Kier molecular flexibility index (Phi) is 4.66. The second-order valence-corrected chi connectivity index (χ2v) is 7.76. The molecule has 2 nitrogen and oxygen atoms in total. The van der Waals surface area contributed by atoms with Gasteiger partial charge in [0.25, 0.3) is 5.91 Å². The van der Waals surface area contributed by atoms with Crippen LogP contribution >= 0.6 is 43.2 Å². The summed E-state index contributed by atoms with van der Waals surface area (Å²) in [5, 5.41) is 3.11. The van der Waals surface area contributed by atoms with Gasteiger partial charge in [-0.05, 0) is 63.6 Å². The fourth-order valence-electron chi connectivity index (χ4n) is 2.31. The van der Waals surface area contributed by atoms with Crippen molar-refractivity contribution in [2.24, 2.45) is 5.92 Å². The van der Waals surface area contributed by atoms with E-state index < -0.39 is 0 Å². The number of thiophene rings is 1. The molecule has 17 heavy (non-hydrogen) atoms. The summed E-state index contributed by atoms with van der Waals surface area (Å²) < 4.78 is 1.91. The highest BCUT2D eigenvalue weighted by molar-refractivity contribution is 9.13. The van der Waals surface area contributed by atoms with Gasteiger partial charge in [-0.3, -0.25) is 4.79 Å². The number of carbonyl (C=O) groups is 1. The van der Waals surface area contributed by atoms with Crippen LogP contribution in [0.25, 0.3) is 0 Å². The molecule has 1 saturated carbocycles. The Hall–Kier alpha value is 0.130. The molecule has 0 radical (unpaired) electrons. The molecule has 2 rings (SSSR count). The quantitative estimate of drug-likeness (QED) is 0.816. The van der Waals surface area contributed by atoms with E-state index in [4.69, 9.17) is 0 Å². The van der Waals surface area contributed by atoms with E-state index in [0.717, 1.165) is 13.1 Å². The summed E-state index contributed by atoms with van der Waals surface area (Å²) in [6, 6.07) is 2.15. The maximum Gasteiger partial charge on any atom is 0.261 e. The summed E-state index contributed by atoms with van der Waals surface area (Å²) in [6.07, 6.45) is 5.11. The van der Waals surface area contributed by atoms with Gasteiger partial charge in [-0.25, -0.2) is 0 Å². The van der Waals surface area contributed by atoms with Gasteiger partial charge in [0.1, 0.15) is 0 Å². The van der Waals surface area contributed by atoms with Crippen LogP contribution in [0.4, 0.5) is 0 Å². The Bertz CT molecular complexity index is 393. The van der Waals surface area contributed by atoms with Crippen LogP contribution in [-0.4, -0.2) is 11.9 Å².